The second-order valence-corrected chi connectivity index (χ2v) is 8.80. The monoisotopic (exact) mass is 510 g/mol. The largest absolute Gasteiger partial charge is 0.346 e. The van der Waals surface area contributed by atoms with Gasteiger partial charge in [0.2, 0.25) is 23.6 Å². The molecule has 12 nitrogen and oxygen atoms in total. The van der Waals surface area contributed by atoms with E-state index in [1.807, 2.05) is 30.3 Å². The molecule has 3 rings (SSSR count). The minimum absolute atomic E-state index is 0.116. The molecule has 3 atom stereocenters. The predicted octanol–water partition coefficient (Wildman–Crippen LogP) is 0.715. The number of hydrogen-bond donors (Lipinski definition) is 4. The van der Waals surface area contributed by atoms with Gasteiger partial charge in [-0.05, 0) is 37.5 Å². The highest BCUT2D eigenvalue weighted by molar-refractivity contribution is 5.99. The molecule has 0 spiro atoms. The normalized spacial score (nSPS) is 16.4. The van der Waals surface area contributed by atoms with E-state index >= 15 is 0 Å². The van der Waals surface area contributed by atoms with Gasteiger partial charge in [-0.25, -0.2) is 0 Å². The fraction of sp³-hybridized carbons (Fsp3) is 0.360. The van der Waals surface area contributed by atoms with Crippen molar-refractivity contribution in [3.63, 3.8) is 0 Å². The molecule has 5 N–H and O–H groups in total. The summed E-state index contributed by atoms with van der Waals surface area (Å²) in [6.45, 7) is 1.57. The molecule has 0 aromatic heterocycles. The van der Waals surface area contributed by atoms with Gasteiger partial charge in [-0.3, -0.25) is 29.3 Å². The fourth-order valence-electron chi connectivity index (χ4n) is 3.99. The van der Waals surface area contributed by atoms with Gasteiger partial charge < -0.3 is 26.6 Å². The number of hydrogen-bond acceptors (Lipinski definition) is 7. The molecule has 0 radical (unpaired) electrons. The molecule has 0 bridgehead atoms. The molecule has 0 aliphatic carbocycles. The minimum Gasteiger partial charge on any atom is -0.346 e. The summed E-state index contributed by atoms with van der Waals surface area (Å²) in [6, 6.07) is 11.9. The topological polar surface area (TPSA) is 177 Å². The molecule has 1 aliphatic rings. The third kappa shape index (κ3) is 7.58. The summed E-state index contributed by atoms with van der Waals surface area (Å²) in [6.07, 6.45) is 1.21. The highest BCUT2D eigenvalue weighted by Crippen LogP contribution is 2.19. The van der Waals surface area contributed by atoms with Crippen molar-refractivity contribution in [2.45, 2.75) is 44.3 Å². The van der Waals surface area contributed by atoms with Crippen LogP contribution >= 0.6 is 0 Å². The summed E-state index contributed by atoms with van der Waals surface area (Å²) < 4.78 is 0. The average molecular weight is 511 g/mol. The third-order valence-corrected chi connectivity index (χ3v) is 5.96. The van der Waals surface area contributed by atoms with Gasteiger partial charge in [0.05, 0.1) is 17.5 Å². The van der Waals surface area contributed by atoms with Crippen LogP contribution in [0.15, 0.2) is 54.6 Å². The number of nitrogens with one attached hydrogen (secondary N) is 3. The number of rotatable bonds is 10. The van der Waals surface area contributed by atoms with E-state index in [1.54, 1.807) is 0 Å². The lowest BCUT2D eigenvalue weighted by atomic mass is 10.0. The molecule has 2 aromatic carbocycles. The Hall–Kier alpha value is -4.32. The van der Waals surface area contributed by atoms with Crippen molar-refractivity contribution in [1.82, 2.24) is 15.5 Å². The lowest BCUT2D eigenvalue weighted by Crippen LogP contribution is -2.54. The van der Waals surface area contributed by atoms with Crippen LogP contribution in [-0.4, -0.2) is 64.7 Å². The number of nitro benzene ring substituents is 1. The molecule has 0 unspecified atom stereocenters. The van der Waals surface area contributed by atoms with Crippen molar-refractivity contribution >= 4 is 35.0 Å². The second-order valence-electron chi connectivity index (χ2n) is 8.80. The molecular weight excluding hydrogens is 480 g/mol. The number of nitrogens with zero attached hydrogens (tertiary/aromatic N) is 2. The maximum absolute atomic E-state index is 13.2. The van der Waals surface area contributed by atoms with E-state index in [0.29, 0.717) is 25.1 Å². The van der Waals surface area contributed by atoms with Crippen LogP contribution in [0.3, 0.4) is 0 Å². The highest BCUT2D eigenvalue weighted by Gasteiger charge is 2.36. The Morgan fingerprint density at radius 3 is 2.38 bits per heavy atom. The van der Waals surface area contributed by atoms with Crippen molar-refractivity contribution in [2.24, 2.45) is 5.73 Å². The van der Waals surface area contributed by atoms with Gasteiger partial charge >= 0.3 is 0 Å². The standard InChI is InChI=1S/C25H30N6O6/c1-16(26)23(33)27-15-22(32)30-13-5-8-21(30)25(35)29-20(14-17-6-3-2-4-7-17)24(34)28-18-9-11-19(12-10-18)31(36)37/h2-4,6-7,9-12,16,20-21H,5,8,13-15,26H2,1H3,(H,27,33)(H,28,34)(H,29,35)/t16-,20-,21-/m0/s1. The van der Waals surface area contributed by atoms with Gasteiger partial charge in [0, 0.05) is 30.8 Å². The van der Waals surface area contributed by atoms with E-state index in [1.165, 1.54) is 36.1 Å². The molecular formula is C25H30N6O6. The number of anilines is 1. The summed E-state index contributed by atoms with van der Waals surface area (Å²) in [5, 5.41) is 18.8. The molecule has 1 saturated heterocycles. The first-order chi connectivity index (χ1) is 17.7. The first kappa shape index (κ1) is 27.3. The van der Waals surface area contributed by atoms with Gasteiger partial charge in [0.25, 0.3) is 5.69 Å². The molecule has 1 heterocycles. The summed E-state index contributed by atoms with van der Waals surface area (Å²) >= 11 is 0. The van der Waals surface area contributed by atoms with E-state index in [9.17, 15) is 29.3 Å². The zero-order valence-corrected chi connectivity index (χ0v) is 20.4. The van der Waals surface area contributed by atoms with Gasteiger partial charge in [-0.2, -0.15) is 0 Å². The number of non-ortho nitro benzene ring substituents is 1. The van der Waals surface area contributed by atoms with Crippen LogP contribution in [0.2, 0.25) is 0 Å². The summed E-state index contributed by atoms with van der Waals surface area (Å²) in [7, 11) is 0. The van der Waals surface area contributed by atoms with Crippen molar-refractivity contribution in [2.75, 3.05) is 18.4 Å². The van der Waals surface area contributed by atoms with Crippen molar-refractivity contribution in [3.8, 4) is 0 Å². The Labute approximate surface area is 213 Å². The fourth-order valence-corrected chi connectivity index (χ4v) is 3.99. The highest BCUT2D eigenvalue weighted by atomic mass is 16.6. The van der Waals surface area contributed by atoms with E-state index in [4.69, 9.17) is 5.73 Å². The van der Waals surface area contributed by atoms with E-state index < -0.39 is 46.7 Å². The number of amides is 4. The summed E-state index contributed by atoms with van der Waals surface area (Å²) in [4.78, 5) is 62.5. The van der Waals surface area contributed by atoms with Crippen LogP contribution in [0.1, 0.15) is 25.3 Å². The molecule has 2 aromatic rings. The van der Waals surface area contributed by atoms with Crippen molar-refractivity contribution in [3.05, 3.63) is 70.3 Å². The number of likely N-dealkylation sites (tertiary alicyclic amines) is 1. The Kier molecular flexibility index (Phi) is 9.27. The van der Waals surface area contributed by atoms with Crippen LogP contribution in [-0.2, 0) is 25.6 Å². The van der Waals surface area contributed by atoms with Crippen LogP contribution in [0.4, 0.5) is 11.4 Å². The van der Waals surface area contributed by atoms with Gasteiger partial charge in [0.15, 0.2) is 0 Å². The number of nitro groups is 1. The van der Waals surface area contributed by atoms with Crippen LogP contribution in [0.25, 0.3) is 0 Å². The molecule has 12 heteroatoms. The van der Waals surface area contributed by atoms with Crippen LogP contribution in [0.5, 0.6) is 0 Å². The maximum Gasteiger partial charge on any atom is 0.269 e. The average Bonchev–Trinajstić information content (AvgIpc) is 3.38. The van der Waals surface area contributed by atoms with E-state index in [-0.39, 0.29) is 18.7 Å². The van der Waals surface area contributed by atoms with Gasteiger partial charge in [-0.1, -0.05) is 30.3 Å². The zero-order valence-electron chi connectivity index (χ0n) is 20.4. The van der Waals surface area contributed by atoms with Crippen molar-refractivity contribution in [1.29, 1.82) is 0 Å². The lowest BCUT2D eigenvalue weighted by Gasteiger charge is -2.26. The van der Waals surface area contributed by atoms with Crippen LogP contribution in [0, 0.1) is 10.1 Å². The zero-order chi connectivity index (χ0) is 26.9. The maximum atomic E-state index is 13.2. The predicted molar refractivity (Wildman–Crippen MR) is 135 cm³/mol. The van der Waals surface area contributed by atoms with Gasteiger partial charge in [0.1, 0.15) is 12.1 Å². The number of benzene rings is 2. The van der Waals surface area contributed by atoms with E-state index in [0.717, 1.165) is 5.56 Å². The number of carbonyl (C=O) groups excluding carboxylic acids is 4. The number of carbonyl (C=O) groups is 4. The second kappa shape index (κ2) is 12.6. The first-order valence-corrected chi connectivity index (χ1v) is 11.9. The number of nitrogens with two attached hydrogens (primary N) is 1. The quantitative estimate of drug-likeness (QED) is 0.269. The van der Waals surface area contributed by atoms with Gasteiger partial charge in [-0.15, -0.1) is 0 Å². The molecule has 4 amide bonds. The third-order valence-electron chi connectivity index (χ3n) is 5.96. The molecule has 196 valence electrons. The van der Waals surface area contributed by atoms with Crippen molar-refractivity contribution < 1.29 is 24.1 Å². The molecule has 1 fully saturated rings. The SMILES string of the molecule is C[C@H](N)C(=O)NCC(=O)N1CCC[C@H]1C(=O)N[C@@H](Cc1ccccc1)C(=O)Nc1ccc([N+](=O)[O-])cc1. The summed E-state index contributed by atoms with van der Waals surface area (Å²) in [5.41, 5.74) is 6.54. The lowest BCUT2D eigenvalue weighted by molar-refractivity contribution is -0.384. The summed E-state index contributed by atoms with van der Waals surface area (Å²) in [5.74, 6) is -1.88. The minimum atomic E-state index is -0.972. The molecule has 0 saturated carbocycles. The van der Waals surface area contributed by atoms with Crippen LogP contribution < -0.4 is 21.7 Å². The Balaban J connectivity index is 1.71. The molecule has 1 aliphatic heterocycles. The Morgan fingerprint density at radius 2 is 1.76 bits per heavy atom. The first-order valence-electron chi connectivity index (χ1n) is 11.9. The Bertz CT molecular complexity index is 1140. The smallest absolute Gasteiger partial charge is 0.269 e. The Morgan fingerprint density at radius 1 is 1.08 bits per heavy atom. The molecule has 37 heavy (non-hydrogen) atoms. The van der Waals surface area contributed by atoms with E-state index in [2.05, 4.69) is 16.0 Å².